The van der Waals surface area contributed by atoms with E-state index in [-0.39, 0.29) is 37.4 Å². The lowest BCUT2D eigenvalue weighted by atomic mass is 10.0. The molecule has 1 aliphatic rings. The molecule has 1 aromatic carbocycles. The highest BCUT2D eigenvalue weighted by Gasteiger charge is 2.36. The van der Waals surface area contributed by atoms with Gasteiger partial charge in [-0.15, -0.1) is 6.58 Å². The molecule has 0 aliphatic carbocycles. The summed E-state index contributed by atoms with van der Waals surface area (Å²) in [4.78, 5) is 64.9. The molecule has 1 heterocycles. The van der Waals surface area contributed by atoms with Gasteiger partial charge in [-0.1, -0.05) is 38.0 Å². The Morgan fingerprint density at radius 1 is 1.17 bits per heavy atom. The summed E-state index contributed by atoms with van der Waals surface area (Å²) in [5.41, 5.74) is 0.741. The van der Waals surface area contributed by atoms with E-state index in [1.54, 1.807) is 25.3 Å². The number of benzene rings is 1. The van der Waals surface area contributed by atoms with E-state index in [9.17, 15) is 24.0 Å². The van der Waals surface area contributed by atoms with Crippen LogP contribution in [0.3, 0.4) is 0 Å². The van der Waals surface area contributed by atoms with Gasteiger partial charge < -0.3 is 30.3 Å². The van der Waals surface area contributed by atoms with Crippen molar-refractivity contribution < 1.29 is 33.4 Å². The zero-order chi connectivity index (χ0) is 30.2. The predicted molar refractivity (Wildman–Crippen MR) is 154 cm³/mol. The van der Waals surface area contributed by atoms with E-state index in [0.29, 0.717) is 44.6 Å². The third-order valence-electron chi connectivity index (χ3n) is 6.88. The fraction of sp³-hybridized carbons (Fsp3) is 0.567. The van der Waals surface area contributed by atoms with Gasteiger partial charge >= 0.3 is 0 Å². The summed E-state index contributed by atoms with van der Waals surface area (Å²) in [5.74, 6) is -2.07. The van der Waals surface area contributed by atoms with Crippen molar-refractivity contribution in [3.8, 4) is 5.75 Å². The van der Waals surface area contributed by atoms with Gasteiger partial charge in [0.05, 0.1) is 31.7 Å². The molecule has 11 nitrogen and oxygen atoms in total. The number of carbonyl (C=O) groups excluding carboxylic acids is 5. The Kier molecular flexibility index (Phi) is 14.6. The SMILES string of the molecule is C=CCNC(=O)C(=O)C(CCCC)NC(=O)C1CCCN1C(=O)CNC(=O)Cc1cccc(OCCC(C)OC)c1. The number of hydrogen-bond donors (Lipinski definition) is 3. The average Bonchev–Trinajstić information content (AvgIpc) is 3.47. The molecule has 2 rings (SSSR count). The summed E-state index contributed by atoms with van der Waals surface area (Å²) in [5, 5.41) is 7.77. The Labute approximate surface area is 242 Å². The van der Waals surface area contributed by atoms with Crippen molar-refractivity contribution in [1.82, 2.24) is 20.9 Å². The molecule has 1 saturated heterocycles. The lowest BCUT2D eigenvalue weighted by molar-refractivity contribution is -0.142. The van der Waals surface area contributed by atoms with E-state index in [1.807, 2.05) is 19.9 Å². The standard InChI is InChI=1S/C30H44N4O7/c1-5-7-12-24(28(37)30(39)31-15-6-2)33-29(38)25-13-9-16-34(25)27(36)20-32-26(35)19-22-10-8-11-23(18-22)41-17-14-21(3)40-4/h6,8,10-11,18,21,24-25H,2,5,7,9,12-17,19-20H2,1,3-4H3,(H,31,39)(H,32,35)(H,33,38). The molecular weight excluding hydrogens is 528 g/mol. The number of methoxy groups -OCH3 is 1. The minimum atomic E-state index is -0.979. The third-order valence-corrected chi connectivity index (χ3v) is 6.88. The van der Waals surface area contributed by atoms with Crippen molar-refractivity contribution in [1.29, 1.82) is 0 Å². The van der Waals surface area contributed by atoms with Gasteiger partial charge in [-0.3, -0.25) is 24.0 Å². The molecule has 0 radical (unpaired) electrons. The van der Waals surface area contributed by atoms with Gasteiger partial charge in [0.1, 0.15) is 11.8 Å². The van der Waals surface area contributed by atoms with Crippen LogP contribution in [0.2, 0.25) is 0 Å². The van der Waals surface area contributed by atoms with Gasteiger partial charge in [0.15, 0.2) is 0 Å². The topological polar surface area (TPSA) is 143 Å². The Morgan fingerprint density at radius 3 is 2.66 bits per heavy atom. The van der Waals surface area contributed by atoms with Crippen LogP contribution in [0.4, 0.5) is 0 Å². The highest BCUT2D eigenvalue weighted by molar-refractivity contribution is 6.38. The molecule has 4 amide bonds. The van der Waals surface area contributed by atoms with Crippen LogP contribution in [0.15, 0.2) is 36.9 Å². The van der Waals surface area contributed by atoms with Crippen LogP contribution in [0.1, 0.15) is 57.9 Å². The van der Waals surface area contributed by atoms with Gasteiger partial charge in [-0.25, -0.2) is 0 Å². The first-order valence-electron chi connectivity index (χ1n) is 14.2. The fourth-order valence-electron chi connectivity index (χ4n) is 4.42. The molecule has 0 aromatic heterocycles. The smallest absolute Gasteiger partial charge is 0.289 e. The minimum absolute atomic E-state index is 0.0675. The molecule has 0 bridgehead atoms. The van der Waals surface area contributed by atoms with Gasteiger partial charge in [0.2, 0.25) is 23.5 Å². The number of ether oxygens (including phenoxy) is 2. The molecule has 1 fully saturated rings. The van der Waals surface area contributed by atoms with Crippen molar-refractivity contribution in [3.05, 3.63) is 42.5 Å². The highest BCUT2D eigenvalue weighted by atomic mass is 16.5. The molecule has 3 N–H and O–H groups in total. The molecule has 41 heavy (non-hydrogen) atoms. The number of Topliss-reactive ketones (excluding diaryl/α,β-unsaturated/α-hetero) is 1. The van der Waals surface area contributed by atoms with Crippen molar-refractivity contribution in [2.75, 3.05) is 33.4 Å². The monoisotopic (exact) mass is 572 g/mol. The van der Waals surface area contributed by atoms with Gasteiger partial charge in [0, 0.05) is 26.6 Å². The van der Waals surface area contributed by atoms with E-state index in [2.05, 4.69) is 22.5 Å². The predicted octanol–water partition coefficient (Wildman–Crippen LogP) is 1.69. The summed E-state index contributed by atoms with van der Waals surface area (Å²) < 4.78 is 10.9. The van der Waals surface area contributed by atoms with Crippen LogP contribution >= 0.6 is 0 Å². The average molecular weight is 573 g/mol. The molecule has 0 saturated carbocycles. The van der Waals surface area contributed by atoms with Crippen LogP contribution in [0.25, 0.3) is 0 Å². The zero-order valence-corrected chi connectivity index (χ0v) is 24.4. The van der Waals surface area contributed by atoms with Gasteiger partial charge in [-0.2, -0.15) is 0 Å². The van der Waals surface area contributed by atoms with Crippen molar-refractivity contribution in [2.24, 2.45) is 0 Å². The van der Waals surface area contributed by atoms with Gasteiger partial charge in [0.25, 0.3) is 5.91 Å². The number of ketones is 1. The van der Waals surface area contributed by atoms with Crippen molar-refractivity contribution in [2.45, 2.75) is 77.0 Å². The number of nitrogens with zero attached hydrogens (tertiary/aromatic N) is 1. The Morgan fingerprint density at radius 2 is 1.95 bits per heavy atom. The molecule has 3 atom stereocenters. The number of unbranched alkanes of at least 4 members (excludes halogenated alkanes) is 1. The van der Waals surface area contributed by atoms with Crippen LogP contribution < -0.4 is 20.7 Å². The van der Waals surface area contributed by atoms with Crippen LogP contribution in [0.5, 0.6) is 5.75 Å². The molecule has 3 unspecified atom stereocenters. The molecule has 1 aliphatic heterocycles. The maximum Gasteiger partial charge on any atom is 0.289 e. The number of amides is 4. The van der Waals surface area contributed by atoms with E-state index in [0.717, 1.165) is 18.4 Å². The second-order valence-electron chi connectivity index (χ2n) is 10.1. The summed E-state index contributed by atoms with van der Waals surface area (Å²) in [6.07, 6.45) is 5.14. The summed E-state index contributed by atoms with van der Waals surface area (Å²) in [6, 6.07) is 5.45. The lowest BCUT2D eigenvalue weighted by Crippen LogP contribution is -2.54. The van der Waals surface area contributed by atoms with E-state index in [4.69, 9.17) is 9.47 Å². The molecule has 226 valence electrons. The first-order chi connectivity index (χ1) is 19.7. The van der Waals surface area contributed by atoms with Crippen LogP contribution in [0, 0.1) is 0 Å². The number of likely N-dealkylation sites (tertiary alicyclic amines) is 1. The second kappa shape index (κ2) is 17.9. The summed E-state index contributed by atoms with van der Waals surface area (Å²) in [7, 11) is 1.65. The summed E-state index contributed by atoms with van der Waals surface area (Å²) >= 11 is 0. The Hall–Kier alpha value is -3.73. The molecule has 11 heteroatoms. The molecular formula is C30H44N4O7. The summed E-state index contributed by atoms with van der Waals surface area (Å²) in [6.45, 7) is 8.15. The number of nitrogens with one attached hydrogen (secondary N) is 3. The maximum atomic E-state index is 13.1. The van der Waals surface area contributed by atoms with Crippen molar-refractivity contribution in [3.63, 3.8) is 0 Å². The van der Waals surface area contributed by atoms with E-state index < -0.39 is 29.7 Å². The first kappa shape index (κ1) is 33.5. The number of carbonyl (C=O) groups is 5. The minimum Gasteiger partial charge on any atom is -0.493 e. The van der Waals surface area contributed by atoms with Crippen LogP contribution in [-0.2, 0) is 35.1 Å². The Balaban J connectivity index is 1.90. The molecule has 1 aromatic rings. The lowest BCUT2D eigenvalue weighted by Gasteiger charge is -2.26. The largest absolute Gasteiger partial charge is 0.493 e. The van der Waals surface area contributed by atoms with Crippen molar-refractivity contribution >= 4 is 29.4 Å². The second-order valence-corrected chi connectivity index (χ2v) is 10.1. The number of hydrogen-bond acceptors (Lipinski definition) is 7. The van der Waals surface area contributed by atoms with Gasteiger partial charge in [-0.05, 0) is 43.9 Å². The Bertz CT molecular complexity index is 1060. The highest BCUT2D eigenvalue weighted by Crippen LogP contribution is 2.18. The molecule has 0 spiro atoms. The van der Waals surface area contributed by atoms with E-state index >= 15 is 0 Å². The third kappa shape index (κ3) is 11.3. The normalized spacial score (nSPS) is 15.9. The van der Waals surface area contributed by atoms with E-state index in [1.165, 1.54) is 11.0 Å². The zero-order valence-electron chi connectivity index (χ0n) is 24.4. The van der Waals surface area contributed by atoms with Crippen LogP contribution in [-0.4, -0.2) is 85.9 Å². The fourth-order valence-corrected chi connectivity index (χ4v) is 4.42. The number of rotatable bonds is 18. The quantitative estimate of drug-likeness (QED) is 0.179. The first-order valence-corrected chi connectivity index (χ1v) is 14.2. The maximum absolute atomic E-state index is 13.1.